The molecule has 1 N–H and O–H groups in total. The van der Waals surface area contributed by atoms with Crippen LogP contribution in [0.1, 0.15) is 38.8 Å². The van der Waals surface area contributed by atoms with Gasteiger partial charge in [0, 0.05) is 12.1 Å². The highest BCUT2D eigenvalue weighted by Gasteiger charge is 2.18. The summed E-state index contributed by atoms with van der Waals surface area (Å²) in [5, 5.41) is 11.8. The number of nitrogens with one attached hydrogen (secondary N) is 1. The molecule has 1 rings (SSSR count). The van der Waals surface area contributed by atoms with E-state index in [0.29, 0.717) is 24.3 Å². The van der Waals surface area contributed by atoms with E-state index >= 15 is 0 Å². The first kappa shape index (κ1) is 16.6. The predicted molar refractivity (Wildman–Crippen MR) is 75.9 cm³/mol. The molecule has 0 amide bonds. The van der Waals surface area contributed by atoms with Crippen molar-refractivity contribution in [3.8, 4) is 6.07 Å². The van der Waals surface area contributed by atoms with Crippen molar-refractivity contribution in [1.29, 1.82) is 5.26 Å². The molecule has 0 aromatic heterocycles. The third-order valence-corrected chi connectivity index (χ3v) is 3.66. The first-order chi connectivity index (χ1) is 9.36. The Labute approximate surface area is 119 Å². The minimum atomic E-state index is -0.667. The van der Waals surface area contributed by atoms with Crippen LogP contribution >= 0.6 is 0 Å². The van der Waals surface area contributed by atoms with Crippen LogP contribution in [0.15, 0.2) is 12.1 Å². The van der Waals surface area contributed by atoms with Crippen LogP contribution < -0.4 is 5.32 Å². The van der Waals surface area contributed by atoms with Crippen molar-refractivity contribution in [3.63, 3.8) is 0 Å². The van der Waals surface area contributed by atoms with E-state index in [1.54, 1.807) is 6.07 Å². The minimum absolute atomic E-state index is 0.00439. The van der Waals surface area contributed by atoms with Gasteiger partial charge in [0.1, 0.15) is 11.6 Å². The molecule has 1 aromatic carbocycles. The van der Waals surface area contributed by atoms with E-state index in [2.05, 4.69) is 33.0 Å². The van der Waals surface area contributed by atoms with E-state index in [-0.39, 0.29) is 17.7 Å². The van der Waals surface area contributed by atoms with Crippen LogP contribution in [-0.4, -0.2) is 6.54 Å². The number of hydrogen-bond acceptors (Lipinski definition) is 2. The maximum absolute atomic E-state index is 13.7. The van der Waals surface area contributed by atoms with Crippen molar-refractivity contribution in [2.75, 3.05) is 6.54 Å². The van der Waals surface area contributed by atoms with E-state index in [9.17, 15) is 8.78 Å². The van der Waals surface area contributed by atoms with Crippen molar-refractivity contribution >= 4 is 0 Å². The number of benzene rings is 1. The van der Waals surface area contributed by atoms with Crippen molar-refractivity contribution in [1.82, 2.24) is 5.32 Å². The SMILES string of the molecule is CC(C)C(CNCc1c(F)cc(C#N)cc1F)C(C)C. The molecule has 0 heterocycles. The van der Waals surface area contributed by atoms with Gasteiger partial charge in [-0.05, 0) is 36.4 Å². The predicted octanol–water partition coefficient (Wildman–Crippen LogP) is 3.85. The molecular weight excluding hydrogens is 258 g/mol. The van der Waals surface area contributed by atoms with E-state index < -0.39 is 11.6 Å². The second kappa shape index (κ2) is 7.35. The van der Waals surface area contributed by atoms with Gasteiger partial charge in [-0.2, -0.15) is 5.26 Å². The van der Waals surface area contributed by atoms with Gasteiger partial charge in [0.15, 0.2) is 0 Å². The van der Waals surface area contributed by atoms with Gasteiger partial charge >= 0.3 is 0 Å². The summed E-state index contributed by atoms with van der Waals surface area (Å²) < 4.78 is 27.4. The molecule has 0 radical (unpaired) electrons. The Kier molecular flexibility index (Phi) is 6.09. The Bertz CT molecular complexity index is 459. The molecule has 0 aliphatic heterocycles. The summed E-state index contributed by atoms with van der Waals surface area (Å²) in [6.07, 6.45) is 0. The van der Waals surface area contributed by atoms with E-state index in [4.69, 9.17) is 5.26 Å². The number of nitriles is 1. The summed E-state index contributed by atoms with van der Waals surface area (Å²) in [6, 6.07) is 3.88. The molecule has 0 aliphatic rings. The standard InChI is InChI=1S/C16H22F2N2/c1-10(2)13(11(3)4)8-20-9-14-15(17)5-12(7-19)6-16(14)18/h5-6,10-11,13,20H,8-9H2,1-4H3. The first-order valence-electron chi connectivity index (χ1n) is 6.95. The lowest BCUT2D eigenvalue weighted by atomic mass is 9.85. The van der Waals surface area contributed by atoms with Crippen molar-refractivity contribution < 1.29 is 8.78 Å². The molecule has 20 heavy (non-hydrogen) atoms. The van der Waals surface area contributed by atoms with Gasteiger partial charge in [0.25, 0.3) is 0 Å². The number of hydrogen-bond donors (Lipinski definition) is 1. The summed E-state index contributed by atoms with van der Waals surface area (Å²) >= 11 is 0. The maximum atomic E-state index is 13.7. The van der Waals surface area contributed by atoms with Crippen LogP contribution in [0, 0.1) is 40.7 Å². The van der Waals surface area contributed by atoms with Gasteiger partial charge in [-0.1, -0.05) is 27.7 Å². The maximum Gasteiger partial charge on any atom is 0.131 e. The molecule has 0 atom stereocenters. The second-order valence-electron chi connectivity index (χ2n) is 5.81. The van der Waals surface area contributed by atoms with Crippen LogP contribution in [0.3, 0.4) is 0 Å². The average Bonchev–Trinajstić information content (AvgIpc) is 2.35. The number of rotatable bonds is 6. The zero-order chi connectivity index (χ0) is 15.3. The topological polar surface area (TPSA) is 35.8 Å². The second-order valence-corrected chi connectivity index (χ2v) is 5.81. The third kappa shape index (κ3) is 4.28. The Morgan fingerprint density at radius 3 is 2.00 bits per heavy atom. The Balaban J connectivity index is 2.69. The van der Waals surface area contributed by atoms with Gasteiger partial charge in [-0.15, -0.1) is 0 Å². The molecule has 0 saturated carbocycles. The van der Waals surface area contributed by atoms with Crippen LogP contribution in [-0.2, 0) is 6.54 Å². The minimum Gasteiger partial charge on any atom is -0.312 e. The third-order valence-electron chi connectivity index (χ3n) is 3.66. The van der Waals surface area contributed by atoms with E-state index in [1.165, 1.54) is 0 Å². The quantitative estimate of drug-likeness (QED) is 0.859. The van der Waals surface area contributed by atoms with Crippen molar-refractivity contribution in [2.45, 2.75) is 34.2 Å². The monoisotopic (exact) mass is 280 g/mol. The van der Waals surface area contributed by atoms with Gasteiger partial charge in [0.05, 0.1) is 11.6 Å². The highest BCUT2D eigenvalue weighted by atomic mass is 19.1. The van der Waals surface area contributed by atoms with Gasteiger partial charge in [-0.25, -0.2) is 8.78 Å². The average molecular weight is 280 g/mol. The first-order valence-corrected chi connectivity index (χ1v) is 6.95. The van der Waals surface area contributed by atoms with Crippen LogP contribution in [0.25, 0.3) is 0 Å². The normalized spacial score (nSPS) is 11.4. The molecule has 0 bridgehead atoms. The van der Waals surface area contributed by atoms with E-state index in [1.807, 2.05) is 0 Å². The van der Waals surface area contributed by atoms with Crippen LogP contribution in [0.2, 0.25) is 0 Å². The molecule has 110 valence electrons. The van der Waals surface area contributed by atoms with Gasteiger partial charge in [0.2, 0.25) is 0 Å². The summed E-state index contributed by atoms with van der Waals surface area (Å²) in [5.74, 6) is 0.148. The zero-order valence-electron chi connectivity index (χ0n) is 12.5. The molecular formula is C16H22F2N2. The fourth-order valence-electron chi connectivity index (χ4n) is 2.44. The number of nitrogens with zero attached hydrogens (tertiary/aromatic N) is 1. The molecule has 0 saturated heterocycles. The van der Waals surface area contributed by atoms with Crippen molar-refractivity contribution in [3.05, 3.63) is 34.9 Å². The van der Waals surface area contributed by atoms with Gasteiger partial charge in [-0.3, -0.25) is 0 Å². The molecule has 0 unspecified atom stereocenters. The smallest absolute Gasteiger partial charge is 0.131 e. The van der Waals surface area contributed by atoms with Crippen LogP contribution in [0.5, 0.6) is 0 Å². The Hall–Kier alpha value is -1.47. The molecule has 0 fully saturated rings. The molecule has 0 aliphatic carbocycles. The fourth-order valence-corrected chi connectivity index (χ4v) is 2.44. The van der Waals surface area contributed by atoms with Crippen molar-refractivity contribution in [2.24, 2.45) is 17.8 Å². The lowest BCUT2D eigenvalue weighted by Crippen LogP contribution is -2.30. The lowest BCUT2D eigenvalue weighted by molar-refractivity contribution is 0.274. The molecule has 2 nitrogen and oxygen atoms in total. The molecule has 0 spiro atoms. The molecule has 1 aromatic rings. The highest BCUT2D eigenvalue weighted by Crippen LogP contribution is 2.20. The Morgan fingerprint density at radius 1 is 1.10 bits per heavy atom. The highest BCUT2D eigenvalue weighted by molar-refractivity contribution is 5.34. The lowest BCUT2D eigenvalue weighted by Gasteiger charge is -2.25. The number of halogens is 2. The summed E-state index contributed by atoms with van der Waals surface area (Å²) in [6.45, 7) is 9.45. The fraction of sp³-hybridized carbons (Fsp3) is 0.562. The van der Waals surface area contributed by atoms with Crippen LogP contribution in [0.4, 0.5) is 8.78 Å². The Morgan fingerprint density at radius 2 is 1.60 bits per heavy atom. The zero-order valence-corrected chi connectivity index (χ0v) is 12.5. The summed E-state index contributed by atoms with van der Waals surface area (Å²) in [7, 11) is 0. The summed E-state index contributed by atoms with van der Waals surface area (Å²) in [5.41, 5.74) is 0.00116. The summed E-state index contributed by atoms with van der Waals surface area (Å²) in [4.78, 5) is 0. The largest absolute Gasteiger partial charge is 0.312 e. The molecule has 4 heteroatoms. The van der Waals surface area contributed by atoms with E-state index in [0.717, 1.165) is 12.1 Å². The van der Waals surface area contributed by atoms with Gasteiger partial charge < -0.3 is 5.32 Å².